The van der Waals surface area contributed by atoms with Gasteiger partial charge in [-0.2, -0.15) is 0 Å². The Morgan fingerprint density at radius 2 is 2.21 bits per heavy atom. The van der Waals surface area contributed by atoms with Crippen molar-refractivity contribution in [2.75, 3.05) is 0 Å². The number of rotatable bonds is 5. The number of carbonyl (C=O) groups is 1. The Balaban J connectivity index is 1.96. The lowest BCUT2D eigenvalue weighted by Crippen LogP contribution is -2.17. The number of halogens is 1. The van der Waals surface area contributed by atoms with E-state index < -0.39 is 5.97 Å². The van der Waals surface area contributed by atoms with E-state index in [9.17, 15) is 4.79 Å². The lowest BCUT2D eigenvalue weighted by Gasteiger charge is -2.13. The van der Waals surface area contributed by atoms with E-state index in [2.05, 4.69) is 5.32 Å². The highest BCUT2D eigenvalue weighted by Crippen LogP contribution is 2.18. The number of hydrogen-bond acceptors (Lipinski definition) is 3. The minimum absolute atomic E-state index is 0.0489. The first kappa shape index (κ1) is 13.6. The summed E-state index contributed by atoms with van der Waals surface area (Å²) < 4.78 is 5.17. The average Bonchev–Trinajstić information content (AvgIpc) is 2.85. The van der Waals surface area contributed by atoms with Gasteiger partial charge in [0.25, 0.3) is 0 Å². The van der Waals surface area contributed by atoms with Crippen LogP contribution in [0.5, 0.6) is 0 Å². The number of benzene rings is 1. The molecule has 0 radical (unpaired) electrons. The van der Waals surface area contributed by atoms with E-state index in [0.29, 0.717) is 17.3 Å². The number of hydrogen-bond donors (Lipinski definition) is 2. The lowest BCUT2D eigenvalue weighted by atomic mass is 10.1. The van der Waals surface area contributed by atoms with Crippen LogP contribution in [0.15, 0.2) is 40.8 Å². The van der Waals surface area contributed by atoms with Crippen LogP contribution in [0.3, 0.4) is 0 Å². The Morgan fingerprint density at radius 3 is 2.84 bits per heavy atom. The van der Waals surface area contributed by atoms with Crippen LogP contribution in [0.4, 0.5) is 0 Å². The molecule has 0 aliphatic carbocycles. The second-order valence-corrected chi connectivity index (χ2v) is 4.67. The number of carboxylic acids is 1. The van der Waals surface area contributed by atoms with Crippen molar-refractivity contribution in [3.8, 4) is 0 Å². The zero-order valence-corrected chi connectivity index (χ0v) is 11.1. The van der Waals surface area contributed by atoms with Crippen LogP contribution in [0.1, 0.15) is 34.8 Å². The minimum atomic E-state index is -1.06. The summed E-state index contributed by atoms with van der Waals surface area (Å²) in [6, 6.07) is 10.8. The molecule has 0 saturated carbocycles. The summed E-state index contributed by atoms with van der Waals surface area (Å²) in [4.78, 5) is 10.7. The van der Waals surface area contributed by atoms with Crippen LogP contribution >= 0.6 is 11.6 Å². The van der Waals surface area contributed by atoms with Gasteiger partial charge in [-0.25, -0.2) is 4.79 Å². The van der Waals surface area contributed by atoms with Gasteiger partial charge in [-0.3, -0.25) is 0 Å². The summed E-state index contributed by atoms with van der Waals surface area (Å²) in [7, 11) is 0. The van der Waals surface area contributed by atoms with E-state index >= 15 is 0 Å². The van der Waals surface area contributed by atoms with Gasteiger partial charge in [-0.05, 0) is 36.8 Å². The maximum atomic E-state index is 10.7. The molecule has 1 heterocycles. The highest BCUT2D eigenvalue weighted by molar-refractivity contribution is 6.30. The summed E-state index contributed by atoms with van der Waals surface area (Å²) in [6.45, 7) is 2.47. The highest BCUT2D eigenvalue weighted by Gasteiger charge is 2.10. The van der Waals surface area contributed by atoms with Crippen molar-refractivity contribution in [3.63, 3.8) is 0 Å². The van der Waals surface area contributed by atoms with E-state index in [1.807, 2.05) is 31.2 Å². The van der Waals surface area contributed by atoms with Gasteiger partial charge in [0.05, 0.1) is 6.54 Å². The maximum absolute atomic E-state index is 10.7. The molecule has 1 aromatic carbocycles. The van der Waals surface area contributed by atoms with Crippen LogP contribution in [0.25, 0.3) is 0 Å². The predicted molar refractivity (Wildman–Crippen MR) is 72.4 cm³/mol. The number of aromatic carboxylic acids is 1. The zero-order chi connectivity index (χ0) is 13.8. The van der Waals surface area contributed by atoms with E-state index in [0.717, 1.165) is 5.56 Å². The molecule has 0 aliphatic rings. The first-order chi connectivity index (χ1) is 9.06. The third kappa shape index (κ3) is 3.59. The molecular formula is C14H14ClNO3. The van der Waals surface area contributed by atoms with Gasteiger partial charge in [-0.1, -0.05) is 23.7 Å². The van der Waals surface area contributed by atoms with Gasteiger partial charge in [0.15, 0.2) is 0 Å². The molecular weight excluding hydrogens is 266 g/mol. The molecule has 0 amide bonds. The smallest absolute Gasteiger partial charge is 0.371 e. The fourth-order valence-electron chi connectivity index (χ4n) is 1.74. The molecule has 2 rings (SSSR count). The van der Waals surface area contributed by atoms with Crippen molar-refractivity contribution in [1.82, 2.24) is 5.32 Å². The van der Waals surface area contributed by atoms with E-state index in [4.69, 9.17) is 21.1 Å². The number of carboxylic acid groups (broad SMARTS) is 1. The summed E-state index contributed by atoms with van der Waals surface area (Å²) in [5.74, 6) is -0.521. The van der Waals surface area contributed by atoms with Gasteiger partial charge >= 0.3 is 5.97 Å². The standard InChI is InChI=1S/C14H14ClNO3/c1-9(10-3-2-4-11(15)7-10)16-8-12-5-6-13(19-12)14(17)18/h2-7,9,16H,8H2,1H3,(H,17,18)/t9-/m1/s1. The topological polar surface area (TPSA) is 62.5 Å². The van der Waals surface area contributed by atoms with Gasteiger partial charge in [-0.15, -0.1) is 0 Å². The van der Waals surface area contributed by atoms with Crippen molar-refractivity contribution in [2.45, 2.75) is 19.5 Å². The van der Waals surface area contributed by atoms with Crippen LogP contribution in [0, 0.1) is 0 Å². The van der Waals surface area contributed by atoms with Crippen molar-refractivity contribution >= 4 is 17.6 Å². The largest absolute Gasteiger partial charge is 0.475 e. The summed E-state index contributed by atoms with van der Waals surface area (Å²) >= 11 is 5.93. The van der Waals surface area contributed by atoms with Crippen LogP contribution in [-0.2, 0) is 6.54 Å². The maximum Gasteiger partial charge on any atom is 0.371 e. The normalized spacial score (nSPS) is 12.3. The quantitative estimate of drug-likeness (QED) is 0.879. The number of nitrogens with one attached hydrogen (secondary N) is 1. The number of furan rings is 1. The predicted octanol–water partition coefficient (Wildman–Crippen LogP) is 3.48. The Morgan fingerprint density at radius 1 is 1.42 bits per heavy atom. The molecule has 1 atom stereocenters. The first-order valence-electron chi connectivity index (χ1n) is 5.87. The van der Waals surface area contributed by atoms with Crippen molar-refractivity contribution in [1.29, 1.82) is 0 Å². The Bertz CT molecular complexity index is 580. The molecule has 0 aliphatic heterocycles. The van der Waals surface area contributed by atoms with Gasteiger partial charge < -0.3 is 14.8 Å². The van der Waals surface area contributed by atoms with Gasteiger partial charge in [0, 0.05) is 11.1 Å². The molecule has 0 fully saturated rings. The van der Waals surface area contributed by atoms with Crippen LogP contribution in [-0.4, -0.2) is 11.1 Å². The van der Waals surface area contributed by atoms with Crippen LogP contribution in [0.2, 0.25) is 5.02 Å². The fourth-order valence-corrected chi connectivity index (χ4v) is 1.93. The molecule has 2 aromatic rings. The van der Waals surface area contributed by atoms with E-state index in [1.54, 1.807) is 6.07 Å². The van der Waals surface area contributed by atoms with Crippen molar-refractivity contribution in [3.05, 3.63) is 58.5 Å². The third-order valence-corrected chi connectivity index (χ3v) is 3.04. The van der Waals surface area contributed by atoms with Gasteiger partial charge in [0.1, 0.15) is 5.76 Å². The molecule has 0 spiro atoms. The SMILES string of the molecule is C[C@@H](NCc1ccc(C(=O)O)o1)c1cccc(Cl)c1. The second-order valence-electron chi connectivity index (χ2n) is 4.23. The van der Waals surface area contributed by atoms with Crippen molar-refractivity contribution < 1.29 is 14.3 Å². The second kappa shape index (κ2) is 5.91. The molecule has 100 valence electrons. The van der Waals surface area contributed by atoms with Crippen LogP contribution < -0.4 is 5.32 Å². The molecule has 2 N–H and O–H groups in total. The summed E-state index contributed by atoms with van der Waals surface area (Å²) in [6.07, 6.45) is 0. The Kier molecular flexibility index (Phi) is 4.24. The monoisotopic (exact) mass is 279 g/mol. The van der Waals surface area contributed by atoms with Gasteiger partial charge in [0.2, 0.25) is 5.76 Å². The average molecular weight is 280 g/mol. The Hall–Kier alpha value is -1.78. The molecule has 0 saturated heterocycles. The third-order valence-electron chi connectivity index (χ3n) is 2.80. The molecule has 5 heteroatoms. The highest BCUT2D eigenvalue weighted by atomic mass is 35.5. The first-order valence-corrected chi connectivity index (χ1v) is 6.25. The summed E-state index contributed by atoms with van der Waals surface area (Å²) in [5, 5.41) is 12.7. The minimum Gasteiger partial charge on any atom is -0.475 e. The zero-order valence-electron chi connectivity index (χ0n) is 10.4. The molecule has 19 heavy (non-hydrogen) atoms. The Labute approximate surface area is 116 Å². The summed E-state index contributed by atoms with van der Waals surface area (Å²) in [5.41, 5.74) is 1.07. The molecule has 4 nitrogen and oxygen atoms in total. The molecule has 1 aromatic heterocycles. The van der Waals surface area contributed by atoms with E-state index in [1.165, 1.54) is 6.07 Å². The lowest BCUT2D eigenvalue weighted by molar-refractivity contribution is 0.0660. The molecule has 0 unspecified atom stereocenters. The molecule has 0 bridgehead atoms. The fraction of sp³-hybridized carbons (Fsp3) is 0.214. The van der Waals surface area contributed by atoms with E-state index in [-0.39, 0.29) is 11.8 Å². The van der Waals surface area contributed by atoms with Crippen molar-refractivity contribution in [2.24, 2.45) is 0 Å².